The molecule has 1 aliphatic heterocycles. The molecule has 0 spiro atoms. The highest BCUT2D eigenvalue weighted by Crippen LogP contribution is 2.24. The molecule has 1 heterocycles. The molecule has 0 aliphatic carbocycles. The molecule has 1 fully saturated rings. The van der Waals surface area contributed by atoms with Crippen LogP contribution < -0.4 is 0 Å². The monoisotopic (exact) mass is 300 g/mol. The van der Waals surface area contributed by atoms with Gasteiger partial charge in [-0.25, -0.2) is 0 Å². The molecule has 6 heteroatoms. The van der Waals surface area contributed by atoms with E-state index < -0.39 is 37.3 Å². The average molecular weight is 300 g/mol. The first-order chi connectivity index (χ1) is 9.94. The Bertz CT molecular complexity index is 412. The molecule has 0 aromatic rings. The average Bonchev–Trinajstić information content (AvgIpc) is 2.50. The van der Waals surface area contributed by atoms with Crippen molar-refractivity contribution in [3.05, 3.63) is 35.6 Å². The van der Waals surface area contributed by atoms with Gasteiger partial charge in [-0.3, -0.25) is 0 Å². The van der Waals surface area contributed by atoms with Crippen LogP contribution in [0.4, 0.5) is 0 Å². The topological polar surface area (TPSA) is 99.4 Å². The summed E-state index contributed by atoms with van der Waals surface area (Å²) in [6, 6.07) is 0. The minimum atomic E-state index is -1.44. The van der Waals surface area contributed by atoms with Crippen molar-refractivity contribution in [3.8, 4) is 0 Å². The SMILES string of the molecule is C\C=C(C)/C=C\C(=C/C)OC1OC(CO)C(O)C(O)C1O. The molecule has 0 amide bonds. The first kappa shape index (κ1) is 17.9. The van der Waals surface area contributed by atoms with Crippen molar-refractivity contribution >= 4 is 0 Å². The molecule has 6 nitrogen and oxygen atoms in total. The number of allylic oxidation sites excluding steroid dienone is 5. The highest BCUT2D eigenvalue weighted by Gasteiger charge is 2.44. The lowest BCUT2D eigenvalue weighted by Crippen LogP contribution is -2.59. The minimum Gasteiger partial charge on any atom is -0.462 e. The lowest BCUT2D eigenvalue weighted by molar-refractivity contribution is -0.290. The third-order valence-electron chi connectivity index (χ3n) is 3.35. The highest BCUT2D eigenvalue weighted by molar-refractivity contribution is 5.22. The molecule has 120 valence electrons. The first-order valence-electron chi connectivity index (χ1n) is 6.89. The summed E-state index contributed by atoms with van der Waals surface area (Å²) in [5.74, 6) is 0.445. The van der Waals surface area contributed by atoms with Crippen molar-refractivity contribution in [1.82, 2.24) is 0 Å². The van der Waals surface area contributed by atoms with Crippen molar-refractivity contribution in [2.45, 2.75) is 51.5 Å². The number of hydrogen-bond donors (Lipinski definition) is 4. The fourth-order valence-electron chi connectivity index (χ4n) is 1.81. The normalized spacial score (nSPS) is 35.3. The van der Waals surface area contributed by atoms with Crippen LogP contribution in [0.3, 0.4) is 0 Å². The number of ether oxygens (including phenoxy) is 2. The summed E-state index contributed by atoms with van der Waals surface area (Å²) in [6.07, 6.45) is 0.762. The second-order valence-electron chi connectivity index (χ2n) is 4.87. The minimum absolute atomic E-state index is 0.445. The van der Waals surface area contributed by atoms with Gasteiger partial charge >= 0.3 is 0 Å². The first-order valence-corrected chi connectivity index (χ1v) is 6.89. The Morgan fingerprint density at radius 2 is 1.71 bits per heavy atom. The van der Waals surface area contributed by atoms with E-state index in [0.717, 1.165) is 5.57 Å². The molecular formula is C15H24O6. The zero-order valence-corrected chi connectivity index (χ0v) is 12.5. The molecular weight excluding hydrogens is 276 g/mol. The Balaban J connectivity index is 2.77. The van der Waals surface area contributed by atoms with Crippen molar-refractivity contribution in [1.29, 1.82) is 0 Å². The van der Waals surface area contributed by atoms with Crippen LogP contribution in [0.25, 0.3) is 0 Å². The molecule has 21 heavy (non-hydrogen) atoms. The number of hydrogen-bond acceptors (Lipinski definition) is 6. The van der Waals surface area contributed by atoms with Crippen LogP contribution in [0, 0.1) is 0 Å². The van der Waals surface area contributed by atoms with E-state index in [1.54, 1.807) is 19.1 Å². The second-order valence-corrected chi connectivity index (χ2v) is 4.87. The summed E-state index contributed by atoms with van der Waals surface area (Å²) in [5.41, 5.74) is 1.03. The summed E-state index contributed by atoms with van der Waals surface area (Å²) < 4.78 is 10.8. The summed E-state index contributed by atoms with van der Waals surface area (Å²) in [7, 11) is 0. The maximum Gasteiger partial charge on any atom is 0.229 e. The molecule has 0 aromatic heterocycles. The molecule has 4 N–H and O–H groups in total. The summed E-state index contributed by atoms with van der Waals surface area (Å²) >= 11 is 0. The van der Waals surface area contributed by atoms with E-state index in [4.69, 9.17) is 14.6 Å². The Kier molecular flexibility index (Phi) is 7.07. The molecule has 1 aliphatic rings. The Morgan fingerprint density at radius 3 is 2.24 bits per heavy atom. The Morgan fingerprint density at radius 1 is 1.05 bits per heavy atom. The van der Waals surface area contributed by atoms with Gasteiger partial charge in [0.2, 0.25) is 6.29 Å². The fourth-order valence-corrected chi connectivity index (χ4v) is 1.81. The van der Waals surface area contributed by atoms with Gasteiger partial charge in [-0.2, -0.15) is 0 Å². The smallest absolute Gasteiger partial charge is 0.229 e. The van der Waals surface area contributed by atoms with Gasteiger partial charge in [-0.1, -0.05) is 17.7 Å². The zero-order valence-electron chi connectivity index (χ0n) is 12.5. The van der Waals surface area contributed by atoms with Crippen molar-refractivity contribution in [3.63, 3.8) is 0 Å². The third kappa shape index (κ3) is 4.66. The zero-order chi connectivity index (χ0) is 16.0. The molecule has 5 atom stereocenters. The summed E-state index contributed by atoms with van der Waals surface area (Å²) in [6.45, 7) is 5.11. The summed E-state index contributed by atoms with van der Waals surface area (Å²) in [4.78, 5) is 0. The molecule has 5 unspecified atom stereocenters. The van der Waals surface area contributed by atoms with E-state index >= 15 is 0 Å². The standard InChI is InChI=1S/C15H24O6/c1-4-9(3)6-7-10(5-2)20-15-14(19)13(18)12(17)11(8-16)21-15/h4-7,11-19H,8H2,1-3H3/b7-6-,9-4-,10-5+. The predicted molar refractivity (Wildman–Crippen MR) is 77.2 cm³/mol. The molecule has 1 rings (SSSR count). The van der Waals surface area contributed by atoms with Crippen LogP contribution in [0.1, 0.15) is 20.8 Å². The lowest BCUT2D eigenvalue weighted by atomic mass is 9.99. The quantitative estimate of drug-likeness (QED) is 0.428. The highest BCUT2D eigenvalue weighted by atomic mass is 16.7. The number of aliphatic hydroxyl groups excluding tert-OH is 4. The van der Waals surface area contributed by atoms with Gasteiger partial charge in [0.15, 0.2) is 0 Å². The van der Waals surface area contributed by atoms with E-state index in [1.807, 2.05) is 26.0 Å². The van der Waals surface area contributed by atoms with Crippen LogP contribution >= 0.6 is 0 Å². The predicted octanol–water partition coefficient (Wildman–Crippen LogP) is 0.229. The van der Waals surface area contributed by atoms with E-state index in [-0.39, 0.29) is 0 Å². The maximum absolute atomic E-state index is 9.88. The fraction of sp³-hybridized carbons (Fsp3) is 0.600. The maximum atomic E-state index is 9.88. The Labute approximate surface area is 124 Å². The van der Waals surface area contributed by atoms with Gasteiger partial charge in [-0.05, 0) is 32.9 Å². The molecule has 0 aromatic carbocycles. The van der Waals surface area contributed by atoms with Gasteiger partial charge in [0.1, 0.15) is 30.2 Å². The van der Waals surface area contributed by atoms with E-state index in [1.165, 1.54) is 0 Å². The van der Waals surface area contributed by atoms with Crippen LogP contribution in [0.2, 0.25) is 0 Å². The van der Waals surface area contributed by atoms with Gasteiger partial charge in [-0.15, -0.1) is 0 Å². The van der Waals surface area contributed by atoms with E-state index in [2.05, 4.69) is 0 Å². The van der Waals surface area contributed by atoms with Gasteiger partial charge in [0.25, 0.3) is 0 Å². The molecule has 1 saturated heterocycles. The van der Waals surface area contributed by atoms with Crippen LogP contribution in [0.5, 0.6) is 0 Å². The molecule has 0 saturated carbocycles. The Hall–Kier alpha value is -1.18. The van der Waals surface area contributed by atoms with E-state index in [0.29, 0.717) is 5.76 Å². The van der Waals surface area contributed by atoms with Crippen LogP contribution in [-0.2, 0) is 9.47 Å². The van der Waals surface area contributed by atoms with Gasteiger partial charge < -0.3 is 29.9 Å². The number of aliphatic hydroxyl groups is 4. The number of rotatable bonds is 5. The molecule has 0 radical (unpaired) electrons. The van der Waals surface area contributed by atoms with Crippen LogP contribution in [-0.4, -0.2) is 57.7 Å². The third-order valence-corrected chi connectivity index (χ3v) is 3.35. The van der Waals surface area contributed by atoms with Crippen molar-refractivity contribution in [2.24, 2.45) is 0 Å². The lowest BCUT2D eigenvalue weighted by Gasteiger charge is -2.39. The van der Waals surface area contributed by atoms with Gasteiger partial charge in [0.05, 0.1) is 6.61 Å². The second kappa shape index (κ2) is 8.31. The molecule has 0 bridgehead atoms. The van der Waals surface area contributed by atoms with E-state index in [9.17, 15) is 15.3 Å². The largest absolute Gasteiger partial charge is 0.462 e. The van der Waals surface area contributed by atoms with Crippen LogP contribution in [0.15, 0.2) is 35.6 Å². The van der Waals surface area contributed by atoms with Crippen molar-refractivity contribution in [2.75, 3.05) is 6.61 Å². The van der Waals surface area contributed by atoms with Gasteiger partial charge in [0, 0.05) is 0 Å². The summed E-state index contributed by atoms with van der Waals surface area (Å²) in [5, 5.41) is 38.4. The van der Waals surface area contributed by atoms with Crippen molar-refractivity contribution < 1.29 is 29.9 Å².